The van der Waals surface area contributed by atoms with Crippen molar-refractivity contribution in [3.63, 3.8) is 0 Å². The van der Waals surface area contributed by atoms with E-state index in [4.69, 9.17) is 0 Å². The van der Waals surface area contributed by atoms with E-state index in [9.17, 15) is 0 Å². The van der Waals surface area contributed by atoms with E-state index in [0.29, 0.717) is 0 Å². The lowest BCUT2D eigenvalue weighted by atomic mass is 9.78. The predicted molar refractivity (Wildman–Crippen MR) is 228 cm³/mol. The van der Waals surface area contributed by atoms with Crippen LogP contribution in [0.2, 0.25) is 0 Å². The molecule has 0 saturated heterocycles. The van der Waals surface area contributed by atoms with Gasteiger partial charge in [0, 0.05) is 5.41 Å². The van der Waals surface area contributed by atoms with Crippen LogP contribution in [0.5, 0.6) is 0 Å². The first-order valence-corrected chi connectivity index (χ1v) is 18.7. The van der Waals surface area contributed by atoms with Gasteiger partial charge in [-0.1, -0.05) is 178 Å². The Bertz CT molecular complexity index is 3050. The summed E-state index contributed by atoms with van der Waals surface area (Å²) in [6.45, 7) is 4.83. The summed E-state index contributed by atoms with van der Waals surface area (Å²) in [7, 11) is 0. The molecule has 0 aliphatic heterocycles. The monoisotopic (exact) mass is 672 g/mol. The maximum atomic E-state index is 2.48. The topological polar surface area (TPSA) is 0 Å². The maximum absolute atomic E-state index is 2.48. The van der Waals surface area contributed by atoms with E-state index < -0.39 is 0 Å². The largest absolute Gasteiger partial charge is 0.0622 e. The fourth-order valence-electron chi connectivity index (χ4n) is 9.58. The zero-order valence-corrected chi connectivity index (χ0v) is 29.8. The predicted octanol–water partition coefficient (Wildman–Crippen LogP) is 14.8. The molecule has 0 unspecified atom stereocenters. The first-order valence-electron chi connectivity index (χ1n) is 18.7. The number of fused-ring (bicyclic) bond motifs is 11. The molecule has 0 heterocycles. The molecule has 0 saturated carbocycles. The first-order chi connectivity index (χ1) is 26.1. The molecule has 0 atom stereocenters. The van der Waals surface area contributed by atoms with Crippen molar-refractivity contribution in [2.45, 2.75) is 19.3 Å². The van der Waals surface area contributed by atoms with Gasteiger partial charge in [-0.05, 0) is 128 Å². The van der Waals surface area contributed by atoms with Crippen LogP contribution in [-0.2, 0) is 5.41 Å². The van der Waals surface area contributed by atoms with Gasteiger partial charge in [0.05, 0.1) is 0 Å². The Kier molecular flexibility index (Phi) is 6.40. The van der Waals surface area contributed by atoms with E-state index in [0.717, 1.165) is 0 Å². The molecule has 0 fully saturated rings. The Balaban J connectivity index is 1.17. The Labute approximate surface area is 309 Å². The number of rotatable bonds is 3. The molecular formula is C53H36. The minimum Gasteiger partial charge on any atom is -0.0622 e. The van der Waals surface area contributed by atoms with Crippen LogP contribution in [0, 0.1) is 0 Å². The second-order valence-electron chi connectivity index (χ2n) is 15.2. The van der Waals surface area contributed by atoms with E-state index in [1.807, 2.05) is 0 Å². The molecular weight excluding hydrogens is 637 g/mol. The van der Waals surface area contributed by atoms with Crippen LogP contribution in [0.4, 0.5) is 0 Å². The average Bonchev–Trinajstić information content (AvgIpc) is 3.45. The minimum absolute atomic E-state index is 0.143. The van der Waals surface area contributed by atoms with Crippen molar-refractivity contribution in [2.24, 2.45) is 0 Å². The van der Waals surface area contributed by atoms with Crippen molar-refractivity contribution < 1.29 is 0 Å². The summed E-state index contributed by atoms with van der Waals surface area (Å²) in [4.78, 5) is 0. The van der Waals surface area contributed by atoms with Gasteiger partial charge in [0.25, 0.3) is 0 Å². The summed E-state index contributed by atoms with van der Waals surface area (Å²) >= 11 is 0. The van der Waals surface area contributed by atoms with Gasteiger partial charge >= 0.3 is 0 Å². The molecule has 0 N–H and O–H groups in total. The van der Waals surface area contributed by atoms with Crippen molar-refractivity contribution in [1.82, 2.24) is 0 Å². The van der Waals surface area contributed by atoms with Crippen LogP contribution < -0.4 is 0 Å². The van der Waals surface area contributed by atoms with Crippen LogP contribution >= 0.6 is 0 Å². The van der Waals surface area contributed by atoms with Gasteiger partial charge < -0.3 is 0 Å². The van der Waals surface area contributed by atoms with Crippen molar-refractivity contribution in [3.05, 3.63) is 193 Å². The van der Waals surface area contributed by atoms with Crippen LogP contribution in [0.3, 0.4) is 0 Å². The van der Waals surface area contributed by atoms with Gasteiger partial charge in [-0.15, -0.1) is 0 Å². The SMILES string of the molecule is CC1(C)c2cc3ccccc3cc2-c2c1c1ccc(-c3c4ccccc4c(-c4ccc(-c5ccccc5)cc4)c4ccccc34)cc1c1ccccc21. The molecule has 0 nitrogen and oxygen atoms in total. The third-order valence-corrected chi connectivity index (χ3v) is 12.0. The van der Waals surface area contributed by atoms with Gasteiger partial charge in [0.1, 0.15) is 0 Å². The van der Waals surface area contributed by atoms with Crippen molar-refractivity contribution in [2.75, 3.05) is 0 Å². The van der Waals surface area contributed by atoms with Crippen molar-refractivity contribution in [1.29, 1.82) is 0 Å². The molecule has 0 radical (unpaired) electrons. The highest BCUT2D eigenvalue weighted by Gasteiger charge is 2.38. The van der Waals surface area contributed by atoms with Crippen molar-refractivity contribution in [3.8, 4) is 44.5 Å². The van der Waals surface area contributed by atoms with Gasteiger partial charge in [-0.2, -0.15) is 0 Å². The summed E-state index contributed by atoms with van der Waals surface area (Å²) < 4.78 is 0. The molecule has 1 aliphatic carbocycles. The fraction of sp³-hybridized carbons (Fsp3) is 0.0566. The highest BCUT2D eigenvalue weighted by atomic mass is 14.4. The summed E-state index contributed by atoms with van der Waals surface area (Å²) in [5, 5.41) is 13.0. The standard InChI is InChI=1S/C53H36/c1-53(2)48-32-37-17-7-6-16-36(37)30-47(48)51-40-19-9-8-18-39(40)46-31-38(28-29-45(46)52(51)53)50-43-22-12-10-20-41(43)49(42-21-11-13-23-44(42)50)35-26-24-34(25-27-35)33-14-4-3-5-15-33/h3-32H,1-2H3. The molecule has 0 aromatic heterocycles. The van der Waals surface area contributed by atoms with Crippen LogP contribution in [0.15, 0.2) is 182 Å². The quantitative estimate of drug-likeness (QED) is 0.129. The molecule has 53 heavy (non-hydrogen) atoms. The van der Waals surface area contributed by atoms with Crippen LogP contribution in [0.1, 0.15) is 25.0 Å². The Morgan fingerprint density at radius 3 is 1.38 bits per heavy atom. The minimum atomic E-state index is -0.143. The summed E-state index contributed by atoms with van der Waals surface area (Å²) in [6.07, 6.45) is 0. The maximum Gasteiger partial charge on any atom is 0.0165 e. The van der Waals surface area contributed by atoms with Gasteiger partial charge in [-0.3, -0.25) is 0 Å². The molecule has 10 aromatic carbocycles. The Morgan fingerprint density at radius 1 is 0.302 bits per heavy atom. The van der Waals surface area contributed by atoms with Gasteiger partial charge in [0.15, 0.2) is 0 Å². The Hall–Kier alpha value is -6.50. The third kappa shape index (κ3) is 4.36. The van der Waals surface area contributed by atoms with E-state index in [-0.39, 0.29) is 5.41 Å². The van der Waals surface area contributed by atoms with Gasteiger partial charge in [0.2, 0.25) is 0 Å². The molecule has 0 spiro atoms. The summed E-state index contributed by atoms with van der Waals surface area (Å²) in [5.41, 5.74) is 13.0. The molecule has 248 valence electrons. The number of benzene rings is 10. The zero-order chi connectivity index (χ0) is 35.3. The molecule has 1 aliphatic rings. The number of hydrogen-bond donors (Lipinski definition) is 0. The Morgan fingerprint density at radius 2 is 0.755 bits per heavy atom. The molecule has 0 amide bonds. The first kappa shape index (κ1) is 30.2. The zero-order valence-electron chi connectivity index (χ0n) is 29.8. The molecule has 0 bridgehead atoms. The summed E-state index contributed by atoms with van der Waals surface area (Å²) in [5.74, 6) is 0. The van der Waals surface area contributed by atoms with Crippen LogP contribution in [-0.4, -0.2) is 0 Å². The fourth-order valence-corrected chi connectivity index (χ4v) is 9.58. The average molecular weight is 673 g/mol. The van der Waals surface area contributed by atoms with Crippen LogP contribution in [0.25, 0.3) is 98.4 Å². The smallest absolute Gasteiger partial charge is 0.0165 e. The van der Waals surface area contributed by atoms with Gasteiger partial charge in [-0.25, -0.2) is 0 Å². The highest BCUT2D eigenvalue weighted by Crippen LogP contribution is 2.56. The normalized spacial score (nSPS) is 13.2. The molecule has 0 heteroatoms. The number of hydrogen-bond acceptors (Lipinski definition) is 0. The molecule has 10 aromatic rings. The van der Waals surface area contributed by atoms with Crippen molar-refractivity contribution >= 4 is 53.9 Å². The second kappa shape index (κ2) is 11.2. The van der Waals surface area contributed by atoms with E-state index in [1.165, 1.54) is 109 Å². The lowest BCUT2D eigenvalue weighted by Crippen LogP contribution is -2.15. The second-order valence-corrected chi connectivity index (χ2v) is 15.2. The lowest BCUT2D eigenvalue weighted by Gasteiger charge is -2.25. The van der Waals surface area contributed by atoms with E-state index in [1.54, 1.807) is 0 Å². The highest BCUT2D eigenvalue weighted by molar-refractivity contribution is 6.24. The molecule has 11 rings (SSSR count). The summed E-state index contributed by atoms with van der Waals surface area (Å²) in [6, 6.07) is 67.7. The van der Waals surface area contributed by atoms with E-state index >= 15 is 0 Å². The third-order valence-electron chi connectivity index (χ3n) is 12.0. The lowest BCUT2D eigenvalue weighted by molar-refractivity contribution is 0.667. The van der Waals surface area contributed by atoms with E-state index in [2.05, 4.69) is 196 Å².